The molecule has 0 saturated carbocycles. The first-order chi connectivity index (χ1) is 8.69. The van der Waals surface area contributed by atoms with Crippen molar-refractivity contribution in [1.29, 1.82) is 0 Å². The van der Waals surface area contributed by atoms with E-state index >= 15 is 0 Å². The fourth-order valence-corrected chi connectivity index (χ4v) is 2.79. The van der Waals surface area contributed by atoms with E-state index in [0.29, 0.717) is 16.6 Å². The molecule has 0 bridgehead atoms. The van der Waals surface area contributed by atoms with Gasteiger partial charge in [-0.1, -0.05) is 47.1 Å². The summed E-state index contributed by atoms with van der Waals surface area (Å²) in [6.45, 7) is 0.680. The fraction of sp³-hybridized carbons (Fsp3) is 0.143. The van der Waals surface area contributed by atoms with Crippen molar-refractivity contribution >= 4 is 35.0 Å². The molecule has 0 aromatic heterocycles. The summed E-state index contributed by atoms with van der Waals surface area (Å²) in [4.78, 5) is 2.25. The predicted octanol–water partition coefficient (Wildman–Crippen LogP) is 4.65. The summed E-state index contributed by atoms with van der Waals surface area (Å²) in [5.74, 6) is 0. The molecule has 2 aromatic rings. The molecule has 0 amide bonds. The molecule has 94 valence electrons. The van der Waals surface area contributed by atoms with Crippen molar-refractivity contribution in [3.63, 3.8) is 0 Å². The van der Waals surface area contributed by atoms with Gasteiger partial charge in [-0.25, -0.2) is 0 Å². The molecule has 0 atom stereocenters. The van der Waals surface area contributed by atoms with Crippen molar-refractivity contribution in [2.45, 2.75) is 16.2 Å². The van der Waals surface area contributed by atoms with Crippen LogP contribution >= 0.6 is 35.0 Å². The molecule has 2 rings (SSSR count). The van der Waals surface area contributed by atoms with Crippen LogP contribution in [-0.2, 0) is 6.42 Å². The molecule has 0 saturated heterocycles. The summed E-state index contributed by atoms with van der Waals surface area (Å²) in [6.07, 6.45) is 0.914. The maximum absolute atomic E-state index is 5.99. The molecule has 0 heterocycles. The smallest absolute Gasteiger partial charge is 0.0603 e. The second-order valence-corrected chi connectivity index (χ2v) is 5.82. The molecule has 0 radical (unpaired) electrons. The minimum Gasteiger partial charge on any atom is -0.330 e. The maximum Gasteiger partial charge on any atom is 0.0603 e. The van der Waals surface area contributed by atoms with Crippen molar-refractivity contribution in [3.05, 3.63) is 58.1 Å². The van der Waals surface area contributed by atoms with Crippen LogP contribution < -0.4 is 5.73 Å². The van der Waals surface area contributed by atoms with Crippen molar-refractivity contribution in [2.75, 3.05) is 6.54 Å². The quantitative estimate of drug-likeness (QED) is 0.889. The van der Waals surface area contributed by atoms with E-state index in [1.165, 1.54) is 10.5 Å². The van der Waals surface area contributed by atoms with Gasteiger partial charge in [0.1, 0.15) is 0 Å². The summed E-state index contributed by atoms with van der Waals surface area (Å²) >= 11 is 13.5. The van der Waals surface area contributed by atoms with Crippen LogP contribution in [0.15, 0.2) is 52.3 Å². The molecule has 0 fully saturated rings. The van der Waals surface area contributed by atoms with Gasteiger partial charge >= 0.3 is 0 Å². The number of hydrogen-bond donors (Lipinski definition) is 1. The monoisotopic (exact) mass is 297 g/mol. The summed E-state index contributed by atoms with van der Waals surface area (Å²) in [6, 6.07) is 14.1. The molecule has 0 aliphatic heterocycles. The van der Waals surface area contributed by atoms with Gasteiger partial charge in [0.15, 0.2) is 0 Å². The van der Waals surface area contributed by atoms with Crippen molar-refractivity contribution in [3.8, 4) is 0 Å². The third kappa shape index (κ3) is 3.66. The third-order valence-electron chi connectivity index (χ3n) is 2.48. The van der Waals surface area contributed by atoms with Crippen LogP contribution in [0.5, 0.6) is 0 Å². The Kier molecular flexibility index (Phi) is 4.95. The molecule has 18 heavy (non-hydrogen) atoms. The second kappa shape index (κ2) is 6.48. The van der Waals surface area contributed by atoms with E-state index in [2.05, 4.69) is 24.3 Å². The topological polar surface area (TPSA) is 26.0 Å². The van der Waals surface area contributed by atoms with E-state index in [9.17, 15) is 0 Å². The molecule has 0 unspecified atom stereocenters. The molecule has 2 aromatic carbocycles. The summed E-state index contributed by atoms with van der Waals surface area (Å²) in [5.41, 5.74) is 6.78. The molecule has 1 nitrogen and oxygen atoms in total. The highest BCUT2D eigenvalue weighted by atomic mass is 35.5. The van der Waals surface area contributed by atoms with Crippen LogP contribution in [0.3, 0.4) is 0 Å². The van der Waals surface area contributed by atoms with E-state index in [-0.39, 0.29) is 0 Å². The fourth-order valence-electron chi connectivity index (χ4n) is 1.57. The van der Waals surface area contributed by atoms with E-state index < -0.39 is 0 Å². The van der Waals surface area contributed by atoms with Gasteiger partial charge in [0, 0.05) is 9.79 Å². The highest BCUT2D eigenvalue weighted by Crippen LogP contribution is 2.32. The largest absolute Gasteiger partial charge is 0.330 e. The zero-order valence-corrected chi connectivity index (χ0v) is 12.0. The van der Waals surface area contributed by atoms with Gasteiger partial charge in [0.2, 0.25) is 0 Å². The molecule has 0 spiro atoms. The first-order valence-electron chi connectivity index (χ1n) is 5.61. The van der Waals surface area contributed by atoms with Gasteiger partial charge in [-0.15, -0.1) is 0 Å². The van der Waals surface area contributed by atoms with Gasteiger partial charge in [0.05, 0.1) is 10.0 Å². The second-order valence-electron chi connectivity index (χ2n) is 3.86. The van der Waals surface area contributed by atoms with Crippen LogP contribution in [0.2, 0.25) is 10.0 Å². The summed E-state index contributed by atoms with van der Waals surface area (Å²) < 4.78 is 0. The average Bonchev–Trinajstić information content (AvgIpc) is 2.37. The molecular formula is C14H13Cl2NS. The van der Waals surface area contributed by atoms with Crippen molar-refractivity contribution < 1.29 is 0 Å². The molecular weight excluding hydrogens is 285 g/mol. The number of halogens is 2. The van der Waals surface area contributed by atoms with Crippen LogP contribution in [0, 0.1) is 0 Å². The first kappa shape index (κ1) is 13.8. The van der Waals surface area contributed by atoms with Crippen LogP contribution in [0.25, 0.3) is 0 Å². The van der Waals surface area contributed by atoms with Crippen LogP contribution in [0.1, 0.15) is 5.56 Å². The van der Waals surface area contributed by atoms with Gasteiger partial charge in [0.25, 0.3) is 0 Å². The molecule has 0 aliphatic carbocycles. The maximum atomic E-state index is 5.99. The zero-order valence-electron chi connectivity index (χ0n) is 9.70. The van der Waals surface area contributed by atoms with Crippen molar-refractivity contribution in [1.82, 2.24) is 0 Å². The van der Waals surface area contributed by atoms with Gasteiger partial charge in [-0.3, -0.25) is 0 Å². The van der Waals surface area contributed by atoms with Crippen molar-refractivity contribution in [2.24, 2.45) is 5.73 Å². The Labute approximate surface area is 121 Å². The summed E-state index contributed by atoms with van der Waals surface area (Å²) in [7, 11) is 0. The summed E-state index contributed by atoms with van der Waals surface area (Å²) in [5, 5.41) is 1.17. The van der Waals surface area contributed by atoms with E-state index in [4.69, 9.17) is 28.9 Å². The Bertz CT molecular complexity index is 526. The minimum atomic E-state index is 0.583. The van der Waals surface area contributed by atoms with Gasteiger partial charge in [-0.2, -0.15) is 0 Å². The molecule has 4 heteroatoms. The lowest BCUT2D eigenvalue weighted by molar-refractivity contribution is 0.966. The highest BCUT2D eigenvalue weighted by molar-refractivity contribution is 7.99. The lowest BCUT2D eigenvalue weighted by Gasteiger charge is -2.04. The van der Waals surface area contributed by atoms with Gasteiger partial charge < -0.3 is 5.73 Å². The number of nitrogens with two attached hydrogens (primary N) is 1. The van der Waals surface area contributed by atoms with Gasteiger partial charge in [-0.05, 0) is 48.9 Å². The SMILES string of the molecule is NCCc1ccc(Sc2ccc(Cl)c(Cl)c2)cc1. The Balaban J connectivity index is 2.10. The lowest BCUT2D eigenvalue weighted by atomic mass is 10.2. The normalized spacial score (nSPS) is 10.6. The lowest BCUT2D eigenvalue weighted by Crippen LogP contribution is -2.02. The number of benzene rings is 2. The molecule has 0 aliphatic rings. The third-order valence-corrected chi connectivity index (χ3v) is 4.22. The average molecular weight is 298 g/mol. The predicted molar refractivity (Wildman–Crippen MR) is 79.8 cm³/mol. The van der Waals surface area contributed by atoms with E-state index in [0.717, 1.165) is 11.3 Å². The standard InChI is InChI=1S/C14H13Cl2NS/c15-13-6-5-12(9-14(13)16)18-11-3-1-10(2-4-11)7-8-17/h1-6,9H,7-8,17H2. The van der Waals surface area contributed by atoms with E-state index in [1.807, 2.05) is 18.2 Å². The highest BCUT2D eigenvalue weighted by Gasteiger charge is 2.02. The van der Waals surface area contributed by atoms with Crippen LogP contribution in [-0.4, -0.2) is 6.54 Å². The zero-order chi connectivity index (χ0) is 13.0. The Morgan fingerprint density at radius 3 is 2.17 bits per heavy atom. The molecule has 2 N–H and O–H groups in total. The Hall–Kier alpha value is -0.670. The van der Waals surface area contributed by atoms with Crippen LogP contribution in [0.4, 0.5) is 0 Å². The Morgan fingerprint density at radius 2 is 1.56 bits per heavy atom. The first-order valence-corrected chi connectivity index (χ1v) is 7.18. The number of rotatable bonds is 4. The minimum absolute atomic E-state index is 0.583. The van der Waals surface area contributed by atoms with E-state index in [1.54, 1.807) is 11.8 Å². The Morgan fingerprint density at radius 1 is 0.889 bits per heavy atom. The number of hydrogen-bond acceptors (Lipinski definition) is 2.